The van der Waals surface area contributed by atoms with Crippen molar-refractivity contribution in [2.45, 2.75) is 26.2 Å². The first kappa shape index (κ1) is 29.1. The number of ether oxygens (including phenoxy) is 2. The summed E-state index contributed by atoms with van der Waals surface area (Å²) in [6.45, 7) is 10.5. The maximum Gasteiger partial charge on any atom is 0.297 e. The predicted molar refractivity (Wildman–Crippen MR) is 162 cm³/mol. The van der Waals surface area contributed by atoms with Crippen molar-refractivity contribution in [3.63, 3.8) is 0 Å². The summed E-state index contributed by atoms with van der Waals surface area (Å²) in [5.74, 6) is -0.502. The summed E-state index contributed by atoms with van der Waals surface area (Å²) in [5, 5.41) is 9.48. The van der Waals surface area contributed by atoms with Gasteiger partial charge >= 0.3 is 0 Å². The van der Waals surface area contributed by atoms with E-state index in [-0.39, 0.29) is 16.0 Å². The molecule has 3 aromatic carbocycles. The molecule has 1 aliphatic rings. The van der Waals surface area contributed by atoms with Crippen molar-refractivity contribution in [3.8, 4) is 11.4 Å². The highest BCUT2D eigenvalue weighted by atomic mass is 35.5. The van der Waals surface area contributed by atoms with E-state index < -0.39 is 11.7 Å². The van der Waals surface area contributed by atoms with Gasteiger partial charge in [0.15, 0.2) is 0 Å². The number of amides is 1. The van der Waals surface area contributed by atoms with Crippen LogP contribution in [0.5, 0.6) is 5.75 Å². The molecule has 0 unspecified atom stereocenters. The van der Waals surface area contributed by atoms with Gasteiger partial charge in [0.05, 0.1) is 34.6 Å². The quantitative estimate of drug-likeness (QED) is 0.194. The van der Waals surface area contributed by atoms with Crippen LogP contribution in [0.25, 0.3) is 16.5 Å². The van der Waals surface area contributed by atoms with Crippen molar-refractivity contribution < 1.29 is 19.1 Å². The number of nitrogens with zero attached hydrogens (tertiary/aromatic N) is 3. The second kappa shape index (κ2) is 12.2. The number of carbonyl (C=O) groups excluding carboxylic acids is 2. The Balaban J connectivity index is 1.40. The molecular formula is C31H32Cl2N4O4. The molecule has 1 aromatic heterocycles. The Labute approximate surface area is 249 Å². The summed E-state index contributed by atoms with van der Waals surface area (Å²) in [6, 6.07) is 17.7. The number of nitrogens with one attached hydrogen (secondary N) is 1. The number of hydrogen-bond donors (Lipinski definition) is 1. The Morgan fingerprint density at radius 1 is 1.00 bits per heavy atom. The van der Waals surface area contributed by atoms with Crippen molar-refractivity contribution >= 4 is 51.5 Å². The fourth-order valence-corrected chi connectivity index (χ4v) is 5.05. The van der Waals surface area contributed by atoms with Crippen molar-refractivity contribution in [2.75, 3.05) is 44.8 Å². The van der Waals surface area contributed by atoms with Crippen LogP contribution in [0.4, 0.5) is 5.82 Å². The van der Waals surface area contributed by atoms with Crippen LogP contribution in [-0.2, 0) is 14.9 Å². The third-order valence-electron chi connectivity index (χ3n) is 6.98. The Bertz CT molecular complexity index is 1590. The maximum absolute atomic E-state index is 13.5. The van der Waals surface area contributed by atoms with Crippen LogP contribution < -0.4 is 10.1 Å². The number of carbonyl (C=O) groups is 2. The maximum atomic E-state index is 13.5. The lowest BCUT2D eigenvalue weighted by Gasteiger charge is -2.26. The number of fused-ring (bicyclic) bond motifs is 1. The van der Waals surface area contributed by atoms with E-state index in [0.717, 1.165) is 38.2 Å². The number of morpholine rings is 1. The summed E-state index contributed by atoms with van der Waals surface area (Å²) < 4.78 is 13.0. The fourth-order valence-electron chi connectivity index (χ4n) is 4.68. The lowest BCUT2D eigenvalue weighted by Crippen LogP contribution is -2.38. The second-order valence-corrected chi connectivity index (χ2v) is 11.7. The smallest absolute Gasteiger partial charge is 0.297 e. The molecule has 1 saturated heterocycles. The highest BCUT2D eigenvalue weighted by Crippen LogP contribution is 2.33. The Morgan fingerprint density at radius 3 is 2.46 bits per heavy atom. The van der Waals surface area contributed by atoms with Crippen LogP contribution in [0.2, 0.25) is 10.0 Å². The van der Waals surface area contributed by atoms with Crippen molar-refractivity contribution in [2.24, 2.45) is 0 Å². The minimum atomic E-state index is -0.795. The van der Waals surface area contributed by atoms with Gasteiger partial charge in [-0.05, 0) is 29.7 Å². The Morgan fingerprint density at radius 2 is 1.73 bits per heavy atom. The molecule has 214 valence electrons. The molecule has 1 N–H and O–H groups in total. The van der Waals surface area contributed by atoms with Gasteiger partial charge in [-0.15, -0.1) is 0 Å². The Hall–Kier alpha value is -3.43. The zero-order chi connectivity index (χ0) is 29.1. The summed E-state index contributed by atoms with van der Waals surface area (Å²) in [5.41, 5.74) is 1.15. The molecule has 1 fully saturated rings. The van der Waals surface area contributed by atoms with Crippen molar-refractivity contribution in [1.29, 1.82) is 0 Å². The molecule has 5 rings (SSSR count). The summed E-state index contributed by atoms with van der Waals surface area (Å²) in [7, 11) is 0. The molecule has 0 spiro atoms. The van der Waals surface area contributed by atoms with E-state index in [1.54, 1.807) is 36.4 Å². The number of benzene rings is 3. The first-order valence-electron chi connectivity index (χ1n) is 13.5. The number of rotatable bonds is 8. The normalized spacial score (nSPS) is 14.3. The van der Waals surface area contributed by atoms with Gasteiger partial charge in [0.25, 0.3) is 11.7 Å². The molecule has 0 saturated carbocycles. The largest absolute Gasteiger partial charge is 0.492 e. The van der Waals surface area contributed by atoms with Gasteiger partial charge in [0.1, 0.15) is 18.2 Å². The summed E-state index contributed by atoms with van der Waals surface area (Å²) in [4.78, 5) is 29.2. The number of aromatic nitrogens is 2. The van der Waals surface area contributed by atoms with Crippen molar-refractivity contribution in [1.82, 2.24) is 14.7 Å². The van der Waals surface area contributed by atoms with Crippen LogP contribution in [0, 0.1) is 0 Å². The predicted octanol–water partition coefficient (Wildman–Crippen LogP) is 6.16. The average molecular weight is 596 g/mol. The molecule has 10 heteroatoms. The minimum Gasteiger partial charge on any atom is -0.492 e. The summed E-state index contributed by atoms with van der Waals surface area (Å²) in [6.07, 6.45) is 0. The molecule has 0 aliphatic carbocycles. The molecule has 0 radical (unpaired) electrons. The van der Waals surface area contributed by atoms with Gasteiger partial charge in [-0.1, -0.05) is 74.3 Å². The van der Waals surface area contributed by atoms with Crippen LogP contribution in [0.15, 0.2) is 60.7 Å². The van der Waals surface area contributed by atoms with Crippen LogP contribution >= 0.6 is 23.2 Å². The van der Waals surface area contributed by atoms with E-state index in [4.69, 9.17) is 32.7 Å². The Kier molecular flexibility index (Phi) is 8.66. The number of ketones is 1. The van der Waals surface area contributed by atoms with Crippen LogP contribution in [0.1, 0.15) is 36.8 Å². The first-order valence-corrected chi connectivity index (χ1v) is 14.2. The molecule has 0 bridgehead atoms. The zero-order valence-electron chi connectivity index (χ0n) is 23.2. The van der Waals surface area contributed by atoms with Gasteiger partial charge in [0.2, 0.25) is 0 Å². The van der Waals surface area contributed by atoms with E-state index in [1.807, 2.05) is 45.0 Å². The highest BCUT2D eigenvalue weighted by Gasteiger charge is 2.26. The average Bonchev–Trinajstić information content (AvgIpc) is 3.39. The van der Waals surface area contributed by atoms with Gasteiger partial charge in [0, 0.05) is 42.1 Å². The fraction of sp³-hybridized carbons (Fsp3) is 0.323. The monoisotopic (exact) mass is 594 g/mol. The standard InChI is InChI=1S/C31H32Cl2N4O4/c1-31(2,3)26-19-27(37(35-26)24-10-6-9-23(32)28(24)33)34-30(39)29(38)22-11-12-25(21-8-5-4-7-20(21)22)41-18-15-36-13-16-40-17-14-36/h4-12,19H,13-18H2,1-3H3,(H,34,39). The first-order chi connectivity index (χ1) is 19.6. The topological polar surface area (TPSA) is 85.7 Å². The molecule has 8 nitrogen and oxygen atoms in total. The minimum absolute atomic E-state index is 0.279. The lowest BCUT2D eigenvalue weighted by atomic mass is 9.92. The van der Waals surface area contributed by atoms with E-state index in [1.165, 1.54) is 4.68 Å². The van der Waals surface area contributed by atoms with E-state index in [0.29, 0.717) is 40.0 Å². The summed E-state index contributed by atoms with van der Waals surface area (Å²) >= 11 is 12.7. The molecule has 41 heavy (non-hydrogen) atoms. The number of anilines is 1. The molecule has 2 heterocycles. The third-order valence-corrected chi connectivity index (χ3v) is 7.79. The third kappa shape index (κ3) is 6.41. The van der Waals surface area contributed by atoms with Crippen LogP contribution in [-0.4, -0.2) is 65.8 Å². The molecule has 1 amide bonds. The zero-order valence-corrected chi connectivity index (χ0v) is 24.8. The second-order valence-electron chi connectivity index (χ2n) is 10.9. The van der Waals surface area contributed by atoms with E-state index >= 15 is 0 Å². The van der Waals surface area contributed by atoms with E-state index in [9.17, 15) is 9.59 Å². The van der Waals surface area contributed by atoms with Gasteiger partial charge < -0.3 is 14.8 Å². The molecular weight excluding hydrogens is 563 g/mol. The lowest BCUT2D eigenvalue weighted by molar-refractivity contribution is -0.112. The van der Waals surface area contributed by atoms with Gasteiger partial charge in [-0.2, -0.15) is 5.10 Å². The van der Waals surface area contributed by atoms with E-state index in [2.05, 4.69) is 15.3 Å². The van der Waals surface area contributed by atoms with Crippen LogP contribution in [0.3, 0.4) is 0 Å². The molecule has 0 atom stereocenters. The number of hydrogen-bond acceptors (Lipinski definition) is 6. The van der Waals surface area contributed by atoms with Crippen molar-refractivity contribution in [3.05, 3.63) is 82.0 Å². The molecule has 1 aliphatic heterocycles. The number of Topliss-reactive ketones (excluding diaryl/α,β-unsaturated/α-hetero) is 1. The molecule has 4 aromatic rings. The highest BCUT2D eigenvalue weighted by molar-refractivity contribution is 6.48. The van der Waals surface area contributed by atoms with Gasteiger partial charge in [-0.3, -0.25) is 14.5 Å². The number of halogens is 2. The SMILES string of the molecule is CC(C)(C)c1cc(NC(=O)C(=O)c2ccc(OCCN3CCOCC3)c3ccccc23)n(-c2cccc(Cl)c2Cl)n1. The van der Waals surface area contributed by atoms with Gasteiger partial charge in [-0.25, -0.2) is 4.68 Å².